The van der Waals surface area contributed by atoms with Crippen LogP contribution >= 0.6 is 0 Å². The van der Waals surface area contributed by atoms with Crippen molar-refractivity contribution in [2.45, 2.75) is 51.0 Å². The number of rotatable bonds is 2. The summed E-state index contributed by atoms with van der Waals surface area (Å²) in [4.78, 5) is 3.55. The molecule has 0 aromatic heterocycles. The van der Waals surface area contributed by atoms with E-state index in [4.69, 9.17) is 6.57 Å². The topological polar surface area (TPSA) is 4.36 Å². The van der Waals surface area contributed by atoms with Gasteiger partial charge in [0.1, 0.15) is 0 Å². The highest BCUT2D eigenvalue weighted by molar-refractivity contribution is 5.28. The molecule has 1 atom stereocenters. The molecule has 1 nitrogen and oxygen atoms in total. The van der Waals surface area contributed by atoms with Crippen LogP contribution in [0.3, 0.4) is 0 Å². The summed E-state index contributed by atoms with van der Waals surface area (Å²) in [6.07, 6.45) is 6.86. The zero-order valence-electron chi connectivity index (χ0n) is 9.95. The molecule has 2 rings (SSSR count). The Bertz CT molecular complexity index is 365. The van der Waals surface area contributed by atoms with Gasteiger partial charge in [0.25, 0.3) is 0 Å². The summed E-state index contributed by atoms with van der Waals surface area (Å²) in [5.74, 6) is 0.769. The van der Waals surface area contributed by atoms with Crippen LogP contribution in [0, 0.1) is 6.57 Å². The Hall–Kier alpha value is -1.29. The van der Waals surface area contributed by atoms with E-state index in [-0.39, 0.29) is 6.04 Å². The van der Waals surface area contributed by atoms with Crippen LogP contribution < -0.4 is 0 Å². The number of nitrogens with zero attached hydrogens (tertiary/aromatic N) is 1. The highest BCUT2D eigenvalue weighted by atomic mass is 14.7. The monoisotopic (exact) mass is 213 g/mol. The molecule has 1 saturated carbocycles. The molecule has 1 fully saturated rings. The summed E-state index contributed by atoms with van der Waals surface area (Å²) in [6, 6.07) is 8.72. The third-order valence-corrected chi connectivity index (χ3v) is 3.69. The van der Waals surface area contributed by atoms with Crippen LogP contribution in [-0.2, 0) is 0 Å². The zero-order valence-corrected chi connectivity index (χ0v) is 9.95. The predicted octanol–water partition coefficient (Wildman–Crippen LogP) is 4.71. The lowest BCUT2D eigenvalue weighted by Gasteiger charge is -2.22. The standard InChI is InChI=1S/C15H19N/c1-12(16-2)13-8-10-15(11-9-13)14-6-4-3-5-7-14/h8-12,14H,3-7H2,1H3. The Morgan fingerprint density at radius 1 is 1.12 bits per heavy atom. The van der Waals surface area contributed by atoms with Crippen molar-refractivity contribution < 1.29 is 0 Å². The molecule has 0 aliphatic heterocycles. The summed E-state index contributed by atoms with van der Waals surface area (Å²) >= 11 is 0. The van der Waals surface area contributed by atoms with Gasteiger partial charge in [0.15, 0.2) is 0 Å². The lowest BCUT2D eigenvalue weighted by atomic mass is 9.84. The quantitative estimate of drug-likeness (QED) is 0.626. The van der Waals surface area contributed by atoms with Gasteiger partial charge in [-0.1, -0.05) is 43.5 Å². The highest BCUT2D eigenvalue weighted by Gasteiger charge is 2.16. The van der Waals surface area contributed by atoms with Crippen LogP contribution in [0.1, 0.15) is 62.1 Å². The molecule has 1 heteroatoms. The SMILES string of the molecule is [C-]#[N+]C(C)c1ccc(C2CCCCC2)cc1. The first-order valence-electron chi connectivity index (χ1n) is 6.27. The molecule has 1 unspecified atom stereocenters. The van der Waals surface area contributed by atoms with Gasteiger partial charge in [-0.05, 0) is 24.3 Å². The fourth-order valence-electron chi connectivity index (χ4n) is 2.56. The minimum atomic E-state index is 0.000376. The average Bonchev–Trinajstić information content (AvgIpc) is 2.39. The van der Waals surface area contributed by atoms with Crippen molar-refractivity contribution in [2.75, 3.05) is 0 Å². The maximum atomic E-state index is 7.02. The molecular formula is C15H19N. The van der Waals surface area contributed by atoms with Gasteiger partial charge in [0.05, 0.1) is 0 Å². The van der Waals surface area contributed by atoms with E-state index >= 15 is 0 Å². The Morgan fingerprint density at radius 3 is 2.31 bits per heavy atom. The van der Waals surface area contributed by atoms with Gasteiger partial charge < -0.3 is 4.85 Å². The summed E-state index contributed by atoms with van der Waals surface area (Å²) < 4.78 is 0. The predicted molar refractivity (Wildman–Crippen MR) is 67.3 cm³/mol. The van der Waals surface area contributed by atoms with Gasteiger partial charge >= 0.3 is 0 Å². The van der Waals surface area contributed by atoms with Crippen molar-refractivity contribution in [3.8, 4) is 0 Å². The Balaban J connectivity index is 2.09. The molecule has 0 spiro atoms. The molecular weight excluding hydrogens is 194 g/mol. The molecule has 1 aromatic carbocycles. The van der Waals surface area contributed by atoms with E-state index < -0.39 is 0 Å². The van der Waals surface area contributed by atoms with Gasteiger partial charge in [-0.2, -0.15) is 0 Å². The first-order chi connectivity index (χ1) is 7.81. The Kier molecular flexibility index (Phi) is 3.62. The third kappa shape index (κ3) is 2.44. The molecule has 1 aromatic rings. The summed E-state index contributed by atoms with van der Waals surface area (Å²) in [5, 5.41) is 0. The Morgan fingerprint density at radius 2 is 1.75 bits per heavy atom. The van der Waals surface area contributed by atoms with E-state index in [2.05, 4.69) is 29.1 Å². The number of benzene rings is 1. The van der Waals surface area contributed by atoms with E-state index in [1.807, 2.05) is 6.92 Å². The largest absolute Gasteiger partial charge is 0.309 e. The van der Waals surface area contributed by atoms with Crippen molar-refractivity contribution in [3.63, 3.8) is 0 Å². The zero-order chi connectivity index (χ0) is 11.4. The molecule has 0 heterocycles. The lowest BCUT2D eigenvalue weighted by molar-refractivity contribution is 0.443. The fourth-order valence-corrected chi connectivity index (χ4v) is 2.56. The van der Waals surface area contributed by atoms with Crippen LogP contribution in [0.25, 0.3) is 4.85 Å². The van der Waals surface area contributed by atoms with E-state index in [0.29, 0.717) is 0 Å². The van der Waals surface area contributed by atoms with Crippen LogP contribution in [0.15, 0.2) is 24.3 Å². The highest BCUT2D eigenvalue weighted by Crippen LogP contribution is 2.33. The summed E-state index contributed by atoms with van der Waals surface area (Å²) in [5.41, 5.74) is 2.62. The van der Waals surface area contributed by atoms with Crippen molar-refractivity contribution in [1.82, 2.24) is 0 Å². The number of hydrogen-bond acceptors (Lipinski definition) is 0. The van der Waals surface area contributed by atoms with Crippen molar-refractivity contribution in [2.24, 2.45) is 0 Å². The molecule has 16 heavy (non-hydrogen) atoms. The lowest BCUT2D eigenvalue weighted by Crippen LogP contribution is -2.04. The molecule has 1 aliphatic carbocycles. The van der Waals surface area contributed by atoms with Crippen molar-refractivity contribution in [1.29, 1.82) is 0 Å². The van der Waals surface area contributed by atoms with E-state index in [9.17, 15) is 0 Å². The summed E-state index contributed by atoms with van der Waals surface area (Å²) in [7, 11) is 0. The molecule has 0 N–H and O–H groups in total. The van der Waals surface area contributed by atoms with Gasteiger partial charge in [0, 0.05) is 12.5 Å². The molecule has 0 saturated heterocycles. The van der Waals surface area contributed by atoms with E-state index in [1.165, 1.54) is 37.7 Å². The molecule has 84 valence electrons. The normalized spacial score (nSPS) is 19.0. The van der Waals surface area contributed by atoms with Crippen LogP contribution in [0.5, 0.6) is 0 Å². The average molecular weight is 213 g/mol. The third-order valence-electron chi connectivity index (χ3n) is 3.69. The van der Waals surface area contributed by atoms with Gasteiger partial charge in [-0.25, -0.2) is 6.57 Å². The first kappa shape index (κ1) is 11.2. The van der Waals surface area contributed by atoms with Crippen LogP contribution in [0.4, 0.5) is 0 Å². The van der Waals surface area contributed by atoms with Crippen molar-refractivity contribution in [3.05, 3.63) is 46.8 Å². The Labute approximate surface area is 98.3 Å². The minimum absolute atomic E-state index is 0.000376. The number of hydrogen-bond donors (Lipinski definition) is 0. The van der Waals surface area contributed by atoms with Gasteiger partial charge in [-0.15, -0.1) is 0 Å². The molecule has 1 aliphatic rings. The second-order valence-corrected chi connectivity index (χ2v) is 4.81. The second kappa shape index (κ2) is 5.16. The van der Waals surface area contributed by atoms with Crippen LogP contribution in [0.2, 0.25) is 0 Å². The smallest absolute Gasteiger partial charge is 0.245 e. The summed E-state index contributed by atoms with van der Waals surface area (Å²) in [6.45, 7) is 8.98. The second-order valence-electron chi connectivity index (χ2n) is 4.81. The first-order valence-corrected chi connectivity index (χ1v) is 6.27. The van der Waals surface area contributed by atoms with E-state index in [1.54, 1.807) is 0 Å². The molecule has 0 bridgehead atoms. The van der Waals surface area contributed by atoms with Gasteiger partial charge in [-0.3, -0.25) is 0 Å². The fraction of sp³-hybridized carbons (Fsp3) is 0.533. The van der Waals surface area contributed by atoms with Crippen molar-refractivity contribution >= 4 is 0 Å². The van der Waals surface area contributed by atoms with Gasteiger partial charge in [0.2, 0.25) is 6.04 Å². The maximum Gasteiger partial charge on any atom is 0.245 e. The molecule has 0 amide bonds. The maximum absolute atomic E-state index is 7.02. The minimum Gasteiger partial charge on any atom is -0.309 e. The van der Waals surface area contributed by atoms with Crippen LogP contribution in [-0.4, -0.2) is 0 Å². The van der Waals surface area contributed by atoms with E-state index in [0.717, 1.165) is 11.5 Å². The molecule has 0 radical (unpaired) electrons.